The molecule has 0 aliphatic rings. The number of carbonyl (C=O) groups excluding carboxylic acids is 2. The Hall–Kier alpha value is -2.60. The minimum absolute atomic E-state index is 0.0847. The average molecular weight is 593 g/mol. The van der Waals surface area contributed by atoms with Crippen molar-refractivity contribution in [2.24, 2.45) is 7.05 Å². The highest BCUT2D eigenvalue weighted by molar-refractivity contribution is 14.1. The first kappa shape index (κ1) is 26.0. The molecule has 2 amide bonds. The van der Waals surface area contributed by atoms with E-state index < -0.39 is 0 Å². The molecule has 2 aromatic carbocycles. The zero-order valence-electron chi connectivity index (χ0n) is 19.6. The first-order valence-electron chi connectivity index (χ1n) is 10.8. The first-order valence-corrected chi connectivity index (χ1v) is 12.9. The summed E-state index contributed by atoms with van der Waals surface area (Å²) in [5.74, 6) is 1.51. The van der Waals surface area contributed by atoms with Gasteiger partial charge < -0.3 is 19.9 Å². The van der Waals surface area contributed by atoms with Crippen LogP contribution in [-0.2, 0) is 23.2 Å². The minimum atomic E-state index is -0.252. The van der Waals surface area contributed by atoms with E-state index in [9.17, 15) is 9.59 Å². The summed E-state index contributed by atoms with van der Waals surface area (Å²) in [5, 5.41) is 14.6. The molecule has 0 atom stereocenters. The lowest BCUT2D eigenvalue weighted by atomic mass is 10.0. The number of nitrogens with zero attached hydrogens (tertiary/aromatic N) is 3. The average Bonchev–Trinajstić information content (AvgIpc) is 3.16. The van der Waals surface area contributed by atoms with Gasteiger partial charge in [0.25, 0.3) is 5.91 Å². The van der Waals surface area contributed by atoms with Crippen LogP contribution in [0.4, 0.5) is 5.69 Å². The van der Waals surface area contributed by atoms with Crippen molar-refractivity contribution >= 4 is 51.9 Å². The summed E-state index contributed by atoms with van der Waals surface area (Å²) < 4.78 is 8.43. The quantitative estimate of drug-likeness (QED) is 0.269. The smallest absolute Gasteiger partial charge is 0.258 e. The molecule has 10 heteroatoms. The lowest BCUT2D eigenvalue weighted by Crippen LogP contribution is -2.29. The van der Waals surface area contributed by atoms with E-state index >= 15 is 0 Å². The third kappa shape index (κ3) is 7.45. The second kappa shape index (κ2) is 12.2. The summed E-state index contributed by atoms with van der Waals surface area (Å²) in [6.45, 7) is 6.34. The molecule has 0 unspecified atom stereocenters. The number of anilines is 1. The van der Waals surface area contributed by atoms with E-state index in [0.29, 0.717) is 22.6 Å². The first-order chi connectivity index (χ1) is 16.2. The number of ether oxygens (including phenoxy) is 1. The highest BCUT2D eigenvalue weighted by atomic mass is 127. The van der Waals surface area contributed by atoms with Gasteiger partial charge in [-0.1, -0.05) is 37.7 Å². The van der Waals surface area contributed by atoms with Crippen LogP contribution in [0.3, 0.4) is 0 Å². The number of halogens is 1. The van der Waals surface area contributed by atoms with Crippen molar-refractivity contribution in [1.29, 1.82) is 0 Å². The number of benzene rings is 2. The van der Waals surface area contributed by atoms with E-state index in [0.717, 1.165) is 14.8 Å². The van der Waals surface area contributed by atoms with Gasteiger partial charge in [0.15, 0.2) is 17.6 Å². The van der Waals surface area contributed by atoms with Crippen LogP contribution < -0.4 is 15.4 Å². The molecule has 3 rings (SSSR count). The van der Waals surface area contributed by atoms with Crippen LogP contribution in [0.25, 0.3) is 0 Å². The van der Waals surface area contributed by atoms with Gasteiger partial charge in [-0.25, -0.2) is 0 Å². The Labute approximate surface area is 217 Å². The predicted molar refractivity (Wildman–Crippen MR) is 142 cm³/mol. The monoisotopic (exact) mass is 593 g/mol. The van der Waals surface area contributed by atoms with Crippen molar-refractivity contribution in [2.75, 3.05) is 17.7 Å². The number of hydrogen-bond donors (Lipinski definition) is 2. The summed E-state index contributed by atoms with van der Waals surface area (Å²) in [6, 6.07) is 13.6. The number of carbonyl (C=O) groups is 2. The molecule has 2 N–H and O–H groups in total. The fourth-order valence-electron chi connectivity index (χ4n) is 3.03. The fourth-order valence-corrected chi connectivity index (χ4v) is 4.41. The Kier molecular flexibility index (Phi) is 9.34. The Balaban J connectivity index is 1.43. The van der Waals surface area contributed by atoms with Crippen molar-refractivity contribution < 1.29 is 14.3 Å². The molecule has 180 valence electrons. The standard InChI is InChI=1S/C24H28IN5O3S/c1-15(2)17-5-8-19(9-6-17)33-13-22(31)26-12-21-28-29-24(30(21)4)34-14-23(32)27-20-10-7-18(25)11-16(20)3/h5-11,15H,12-14H2,1-4H3,(H,26,31)(H,27,32). The third-order valence-corrected chi connectivity index (χ3v) is 6.77. The Morgan fingerprint density at radius 3 is 2.53 bits per heavy atom. The third-order valence-electron chi connectivity index (χ3n) is 5.08. The van der Waals surface area contributed by atoms with Crippen LogP contribution in [0, 0.1) is 10.5 Å². The van der Waals surface area contributed by atoms with Gasteiger partial charge in [-0.15, -0.1) is 10.2 Å². The van der Waals surface area contributed by atoms with Crippen LogP contribution in [0.1, 0.15) is 36.7 Å². The number of aryl methyl sites for hydroxylation is 1. The summed E-state index contributed by atoms with van der Waals surface area (Å²) in [4.78, 5) is 24.5. The predicted octanol–water partition coefficient (Wildman–Crippen LogP) is 4.28. The molecule has 0 fully saturated rings. The molecule has 0 aliphatic carbocycles. The van der Waals surface area contributed by atoms with Gasteiger partial charge in [-0.3, -0.25) is 9.59 Å². The van der Waals surface area contributed by atoms with Crippen molar-refractivity contribution in [1.82, 2.24) is 20.1 Å². The number of amides is 2. The molecule has 0 saturated heterocycles. The number of hydrogen-bond acceptors (Lipinski definition) is 6. The lowest BCUT2D eigenvalue weighted by molar-refractivity contribution is -0.123. The molecular formula is C24H28IN5O3S. The Morgan fingerprint density at radius 1 is 1.12 bits per heavy atom. The van der Waals surface area contributed by atoms with E-state index in [-0.39, 0.29) is 30.7 Å². The molecule has 0 bridgehead atoms. The fraction of sp³-hybridized carbons (Fsp3) is 0.333. The van der Waals surface area contributed by atoms with E-state index in [1.165, 1.54) is 17.3 Å². The maximum Gasteiger partial charge on any atom is 0.258 e. The molecule has 0 aliphatic heterocycles. The number of nitrogens with one attached hydrogen (secondary N) is 2. The SMILES string of the molecule is Cc1cc(I)ccc1NC(=O)CSc1nnc(CNC(=O)COc2ccc(C(C)C)cc2)n1C. The normalized spacial score (nSPS) is 10.9. The molecule has 0 saturated carbocycles. The van der Waals surface area contributed by atoms with Crippen LogP contribution in [0.15, 0.2) is 47.6 Å². The molecule has 1 aromatic heterocycles. The van der Waals surface area contributed by atoms with Gasteiger partial charge in [-0.2, -0.15) is 0 Å². The molecule has 3 aromatic rings. The van der Waals surface area contributed by atoms with Crippen molar-refractivity contribution in [3.63, 3.8) is 0 Å². The molecular weight excluding hydrogens is 565 g/mol. The van der Waals surface area contributed by atoms with Crippen molar-refractivity contribution in [3.8, 4) is 5.75 Å². The van der Waals surface area contributed by atoms with E-state index in [1.54, 1.807) is 11.6 Å². The molecule has 1 heterocycles. The van der Waals surface area contributed by atoms with Gasteiger partial charge in [0, 0.05) is 16.3 Å². The van der Waals surface area contributed by atoms with Gasteiger partial charge in [0.2, 0.25) is 5.91 Å². The summed E-state index contributed by atoms with van der Waals surface area (Å²) in [6.07, 6.45) is 0. The van der Waals surface area contributed by atoms with Crippen LogP contribution in [0.5, 0.6) is 5.75 Å². The summed E-state index contributed by atoms with van der Waals surface area (Å²) in [7, 11) is 1.80. The van der Waals surface area contributed by atoms with Crippen molar-refractivity contribution in [3.05, 3.63) is 63.0 Å². The summed E-state index contributed by atoms with van der Waals surface area (Å²) in [5.41, 5.74) is 3.03. The van der Waals surface area contributed by atoms with Crippen LogP contribution >= 0.6 is 34.4 Å². The summed E-state index contributed by atoms with van der Waals surface area (Å²) >= 11 is 3.53. The van der Waals surface area contributed by atoms with Crippen molar-refractivity contribution in [2.45, 2.75) is 38.4 Å². The highest BCUT2D eigenvalue weighted by Crippen LogP contribution is 2.20. The van der Waals surface area contributed by atoms with Crippen LogP contribution in [0.2, 0.25) is 0 Å². The highest BCUT2D eigenvalue weighted by Gasteiger charge is 2.13. The van der Waals surface area contributed by atoms with Gasteiger partial charge in [0.05, 0.1) is 12.3 Å². The molecule has 8 nitrogen and oxygen atoms in total. The zero-order chi connectivity index (χ0) is 24.7. The number of aromatic nitrogens is 3. The Morgan fingerprint density at radius 2 is 1.85 bits per heavy atom. The Bertz CT molecular complexity index is 1150. The maximum atomic E-state index is 12.3. The largest absolute Gasteiger partial charge is 0.484 e. The molecule has 0 spiro atoms. The second-order valence-corrected chi connectivity index (χ2v) is 10.2. The van der Waals surface area contributed by atoms with E-state index in [2.05, 4.69) is 57.3 Å². The lowest BCUT2D eigenvalue weighted by Gasteiger charge is -2.10. The number of rotatable bonds is 10. The minimum Gasteiger partial charge on any atom is -0.484 e. The van der Waals surface area contributed by atoms with Crippen LogP contribution in [-0.4, -0.2) is 38.9 Å². The second-order valence-electron chi connectivity index (χ2n) is 8.04. The van der Waals surface area contributed by atoms with E-state index in [1.807, 2.05) is 49.4 Å². The number of thioether (sulfide) groups is 1. The van der Waals surface area contributed by atoms with Gasteiger partial charge in [-0.05, 0) is 76.9 Å². The van der Waals surface area contributed by atoms with E-state index in [4.69, 9.17) is 4.74 Å². The maximum absolute atomic E-state index is 12.3. The molecule has 34 heavy (non-hydrogen) atoms. The molecule has 0 radical (unpaired) electrons. The topological polar surface area (TPSA) is 98.1 Å². The van der Waals surface area contributed by atoms with Gasteiger partial charge >= 0.3 is 0 Å². The van der Waals surface area contributed by atoms with Gasteiger partial charge in [0.1, 0.15) is 5.75 Å². The zero-order valence-corrected chi connectivity index (χ0v) is 22.6.